The van der Waals surface area contributed by atoms with Crippen LogP contribution in [0.5, 0.6) is 0 Å². The molecule has 0 aliphatic carbocycles. The van der Waals surface area contributed by atoms with Crippen molar-refractivity contribution in [1.82, 2.24) is 5.32 Å². The van der Waals surface area contributed by atoms with E-state index in [1.54, 1.807) is 0 Å². The molecule has 1 aromatic carbocycles. The van der Waals surface area contributed by atoms with Gasteiger partial charge in [-0.15, -0.1) is 0 Å². The number of benzene rings is 1. The van der Waals surface area contributed by atoms with E-state index >= 15 is 0 Å². The van der Waals surface area contributed by atoms with Gasteiger partial charge in [0.1, 0.15) is 0 Å². The van der Waals surface area contributed by atoms with Gasteiger partial charge in [0.05, 0.1) is 18.4 Å². The van der Waals surface area contributed by atoms with Crippen LogP contribution >= 0.6 is 0 Å². The standard InChI is InChI=1S/C17H23NO4/c1-12-3-4-13(2)14(9-12)10-15(19)18-17(11-16(20)21)5-7-22-8-6-17/h3-4,9H,5-8,10-11H2,1-2H3,(H,18,19)(H,20,21). The largest absolute Gasteiger partial charge is 0.481 e. The van der Waals surface area contributed by atoms with Crippen molar-refractivity contribution in [1.29, 1.82) is 0 Å². The van der Waals surface area contributed by atoms with E-state index in [4.69, 9.17) is 9.84 Å². The molecule has 5 heteroatoms. The van der Waals surface area contributed by atoms with Crippen molar-refractivity contribution in [2.45, 2.75) is 45.1 Å². The number of carbonyl (C=O) groups excluding carboxylic acids is 1. The highest BCUT2D eigenvalue weighted by Crippen LogP contribution is 2.25. The Hall–Kier alpha value is -1.88. The SMILES string of the molecule is Cc1ccc(C)c(CC(=O)NC2(CC(=O)O)CCOCC2)c1. The normalized spacial score (nSPS) is 17.0. The number of hydrogen-bond acceptors (Lipinski definition) is 3. The van der Waals surface area contributed by atoms with Gasteiger partial charge in [0.25, 0.3) is 0 Å². The third kappa shape index (κ3) is 4.31. The van der Waals surface area contributed by atoms with Crippen LogP contribution in [-0.2, 0) is 20.7 Å². The highest BCUT2D eigenvalue weighted by Gasteiger charge is 2.36. The van der Waals surface area contributed by atoms with Crippen molar-refractivity contribution in [3.63, 3.8) is 0 Å². The quantitative estimate of drug-likeness (QED) is 0.872. The van der Waals surface area contributed by atoms with E-state index in [1.807, 2.05) is 32.0 Å². The van der Waals surface area contributed by atoms with Crippen LogP contribution < -0.4 is 5.32 Å². The van der Waals surface area contributed by atoms with E-state index in [2.05, 4.69) is 5.32 Å². The number of amides is 1. The lowest BCUT2D eigenvalue weighted by atomic mass is 9.86. The first-order valence-corrected chi connectivity index (χ1v) is 7.57. The molecule has 1 aliphatic heterocycles. The fourth-order valence-electron chi connectivity index (χ4n) is 2.90. The predicted octanol–water partition coefficient (Wildman–Crippen LogP) is 1.99. The lowest BCUT2D eigenvalue weighted by Gasteiger charge is -2.37. The molecule has 1 amide bonds. The average molecular weight is 305 g/mol. The number of carboxylic acid groups (broad SMARTS) is 1. The van der Waals surface area contributed by atoms with Gasteiger partial charge < -0.3 is 15.2 Å². The van der Waals surface area contributed by atoms with Crippen LogP contribution in [0.4, 0.5) is 0 Å². The fraction of sp³-hybridized carbons (Fsp3) is 0.529. The molecule has 1 heterocycles. The third-order valence-corrected chi connectivity index (χ3v) is 4.20. The molecule has 2 N–H and O–H groups in total. The second kappa shape index (κ2) is 6.92. The first kappa shape index (κ1) is 16.5. The summed E-state index contributed by atoms with van der Waals surface area (Å²) in [6.45, 7) is 4.93. The van der Waals surface area contributed by atoms with Crippen LogP contribution in [0.3, 0.4) is 0 Å². The lowest BCUT2D eigenvalue weighted by Crippen LogP contribution is -2.53. The molecule has 0 spiro atoms. The summed E-state index contributed by atoms with van der Waals surface area (Å²) in [5.41, 5.74) is 2.48. The molecule has 0 aromatic heterocycles. The van der Waals surface area contributed by atoms with Gasteiger partial charge in [-0.05, 0) is 37.8 Å². The van der Waals surface area contributed by atoms with Crippen LogP contribution in [-0.4, -0.2) is 35.7 Å². The topological polar surface area (TPSA) is 75.6 Å². The van der Waals surface area contributed by atoms with E-state index in [1.165, 1.54) is 0 Å². The summed E-state index contributed by atoms with van der Waals surface area (Å²) in [6, 6.07) is 6.02. The van der Waals surface area contributed by atoms with Gasteiger partial charge in [-0.25, -0.2) is 0 Å². The number of rotatable bonds is 5. The lowest BCUT2D eigenvalue weighted by molar-refractivity contribution is -0.140. The monoisotopic (exact) mass is 305 g/mol. The average Bonchev–Trinajstić information content (AvgIpc) is 2.42. The molecule has 2 rings (SSSR count). The molecular formula is C17H23NO4. The van der Waals surface area contributed by atoms with Crippen molar-refractivity contribution in [3.05, 3.63) is 34.9 Å². The molecule has 120 valence electrons. The summed E-state index contributed by atoms with van der Waals surface area (Å²) in [5.74, 6) is -1.02. The Morgan fingerprint density at radius 2 is 1.95 bits per heavy atom. The number of hydrogen-bond donors (Lipinski definition) is 2. The van der Waals surface area contributed by atoms with E-state index in [9.17, 15) is 9.59 Å². The van der Waals surface area contributed by atoms with Crippen LogP contribution in [0.15, 0.2) is 18.2 Å². The van der Waals surface area contributed by atoms with Crippen LogP contribution in [0, 0.1) is 13.8 Å². The predicted molar refractivity (Wildman–Crippen MR) is 82.8 cm³/mol. The van der Waals surface area contributed by atoms with Gasteiger partial charge in [-0.1, -0.05) is 23.8 Å². The molecular weight excluding hydrogens is 282 g/mol. The number of carboxylic acids is 1. The maximum atomic E-state index is 12.4. The van der Waals surface area contributed by atoms with E-state index < -0.39 is 11.5 Å². The Morgan fingerprint density at radius 3 is 2.59 bits per heavy atom. The molecule has 0 saturated carbocycles. The summed E-state index contributed by atoms with van der Waals surface area (Å²) in [6.07, 6.45) is 1.29. The zero-order valence-electron chi connectivity index (χ0n) is 13.1. The molecule has 5 nitrogen and oxygen atoms in total. The van der Waals surface area contributed by atoms with E-state index in [0.717, 1.165) is 16.7 Å². The van der Waals surface area contributed by atoms with Gasteiger partial charge >= 0.3 is 5.97 Å². The minimum atomic E-state index is -0.895. The molecule has 1 aliphatic rings. The van der Waals surface area contributed by atoms with Crippen molar-refractivity contribution in [3.8, 4) is 0 Å². The zero-order chi connectivity index (χ0) is 16.2. The van der Waals surface area contributed by atoms with Gasteiger partial charge in [0.15, 0.2) is 0 Å². The van der Waals surface area contributed by atoms with E-state index in [0.29, 0.717) is 26.1 Å². The Kier molecular flexibility index (Phi) is 5.19. The summed E-state index contributed by atoms with van der Waals surface area (Å²) in [5, 5.41) is 12.1. The molecule has 22 heavy (non-hydrogen) atoms. The molecule has 0 unspecified atom stereocenters. The van der Waals surface area contributed by atoms with Crippen molar-refractivity contribution < 1.29 is 19.4 Å². The second-order valence-electron chi connectivity index (χ2n) is 6.12. The summed E-state index contributed by atoms with van der Waals surface area (Å²) in [7, 11) is 0. The first-order chi connectivity index (χ1) is 10.4. The van der Waals surface area contributed by atoms with Gasteiger partial charge in [0, 0.05) is 13.2 Å². The van der Waals surface area contributed by atoms with Gasteiger partial charge in [0.2, 0.25) is 5.91 Å². The number of aryl methyl sites for hydroxylation is 2. The Morgan fingerprint density at radius 1 is 1.27 bits per heavy atom. The maximum Gasteiger partial charge on any atom is 0.305 e. The second-order valence-corrected chi connectivity index (χ2v) is 6.12. The van der Waals surface area contributed by atoms with E-state index in [-0.39, 0.29) is 18.7 Å². The summed E-state index contributed by atoms with van der Waals surface area (Å²) >= 11 is 0. The Labute approximate surface area is 130 Å². The molecule has 0 atom stereocenters. The minimum absolute atomic E-state index is 0.0606. The Bertz CT molecular complexity index is 562. The van der Waals surface area contributed by atoms with Crippen molar-refractivity contribution in [2.24, 2.45) is 0 Å². The Balaban J connectivity index is 2.07. The van der Waals surface area contributed by atoms with Crippen LogP contribution in [0.25, 0.3) is 0 Å². The fourth-order valence-corrected chi connectivity index (χ4v) is 2.90. The van der Waals surface area contributed by atoms with Crippen molar-refractivity contribution >= 4 is 11.9 Å². The third-order valence-electron chi connectivity index (χ3n) is 4.20. The molecule has 1 fully saturated rings. The highest BCUT2D eigenvalue weighted by molar-refractivity contribution is 5.81. The van der Waals surface area contributed by atoms with Crippen LogP contribution in [0.2, 0.25) is 0 Å². The number of aliphatic carboxylic acids is 1. The molecule has 0 bridgehead atoms. The number of ether oxygens (including phenoxy) is 1. The first-order valence-electron chi connectivity index (χ1n) is 7.57. The van der Waals surface area contributed by atoms with Gasteiger partial charge in [-0.2, -0.15) is 0 Å². The molecule has 0 radical (unpaired) electrons. The van der Waals surface area contributed by atoms with Crippen LogP contribution in [0.1, 0.15) is 36.0 Å². The smallest absolute Gasteiger partial charge is 0.305 e. The zero-order valence-corrected chi connectivity index (χ0v) is 13.1. The van der Waals surface area contributed by atoms with Gasteiger partial charge in [-0.3, -0.25) is 9.59 Å². The summed E-state index contributed by atoms with van der Waals surface area (Å²) < 4.78 is 5.30. The summed E-state index contributed by atoms with van der Waals surface area (Å²) in [4.78, 5) is 23.5. The maximum absolute atomic E-state index is 12.4. The number of nitrogens with one attached hydrogen (secondary N) is 1. The van der Waals surface area contributed by atoms with Crippen molar-refractivity contribution in [2.75, 3.05) is 13.2 Å². The number of carbonyl (C=O) groups is 2. The minimum Gasteiger partial charge on any atom is -0.481 e. The molecule has 1 saturated heterocycles. The highest BCUT2D eigenvalue weighted by atomic mass is 16.5. The molecule has 1 aromatic rings.